The van der Waals surface area contributed by atoms with Crippen molar-refractivity contribution in [2.75, 3.05) is 20.2 Å². The Morgan fingerprint density at radius 2 is 2.00 bits per heavy atom. The Morgan fingerprint density at radius 1 is 1.33 bits per heavy atom. The molecule has 0 saturated heterocycles. The summed E-state index contributed by atoms with van der Waals surface area (Å²) in [5, 5.41) is 2.43. The van der Waals surface area contributed by atoms with Gasteiger partial charge in [0.05, 0.1) is 13.7 Å². The number of methoxy groups -OCH3 is 1. The molecule has 1 N–H and O–H groups in total. The van der Waals surface area contributed by atoms with Crippen molar-refractivity contribution in [1.29, 1.82) is 0 Å². The largest absolute Gasteiger partial charge is 0.496 e. The van der Waals surface area contributed by atoms with Crippen LogP contribution in [0.3, 0.4) is 0 Å². The maximum atomic E-state index is 12.0. The van der Waals surface area contributed by atoms with Gasteiger partial charge in [0.15, 0.2) is 0 Å². The Labute approximate surface area is 109 Å². The number of benzene rings is 1. The first-order valence-electron chi connectivity index (χ1n) is 5.49. The predicted molar refractivity (Wildman–Crippen MR) is 67.2 cm³/mol. The summed E-state index contributed by atoms with van der Waals surface area (Å²) in [5.41, 5.74) is 0. The Bertz CT molecular complexity index is 371. The van der Waals surface area contributed by atoms with Crippen molar-refractivity contribution in [2.24, 2.45) is 0 Å². The summed E-state index contributed by atoms with van der Waals surface area (Å²) < 4.78 is 41.1. The van der Waals surface area contributed by atoms with Crippen molar-refractivity contribution >= 4 is 11.8 Å². The van der Waals surface area contributed by atoms with Gasteiger partial charge in [0.1, 0.15) is 5.75 Å². The molecule has 0 aliphatic carbocycles. The molecule has 102 valence electrons. The molecular formula is C12H16F3NOS. The summed E-state index contributed by atoms with van der Waals surface area (Å²) in [4.78, 5) is 0.932. The van der Waals surface area contributed by atoms with Gasteiger partial charge in [0, 0.05) is 16.7 Å². The van der Waals surface area contributed by atoms with Gasteiger partial charge in [-0.15, -0.1) is 11.8 Å². The van der Waals surface area contributed by atoms with Gasteiger partial charge >= 0.3 is 6.18 Å². The summed E-state index contributed by atoms with van der Waals surface area (Å²) >= 11 is 1.49. The van der Waals surface area contributed by atoms with Gasteiger partial charge < -0.3 is 10.1 Å². The van der Waals surface area contributed by atoms with Crippen LogP contribution in [0, 0.1) is 0 Å². The molecule has 0 saturated carbocycles. The lowest BCUT2D eigenvalue weighted by Crippen LogP contribution is -2.32. The molecule has 0 fully saturated rings. The van der Waals surface area contributed by atoms with E-state index in [-0.39, 0.29) is 5.25 Å². The Morgan fingerprint density at radius 3 is 2.61 bits per heavy atom. The van der Waals surface area contributed by atoms with Gasteiger partial charge in [0.2, 0.25) is 0 Å². The van der Waals surface area contributed by atoms with E-state index >= 15 is 0 Å². The summed E-state index contributed by atoms with van der Waals surface area (Å²) in [6, 6.07) is 7.46. The monoisotopic (exact) mass is 279 g/mol. The summed E-state index contributed by atoms with van der Waals surface area (Å²) in [6.07, 6.45) is -4.16. The molecule has 1 aromatic carbocycles. The van der Waals surface area contributed by atoms with Crippen LogP contribution >= 0.6 is 11.8 Å². The number of nitrogens with one attached hydrogen (secondary N) is 1. The number of thioether (sulfide) groups is 1. The van der Waals surface area contributed by atoms with Crippen LogP contribution in [0.1, 0.15) is 6.92 Å². The molecule has 0 aliphatic heterocycles. The predicted octanol–water partition coefficient (Wildman–Crippen LogP) is 3.33. The maximum absolute atomic E-state index is 12.0. The van der Waals surface area contributed by atoms with Gasteiger partial charge in [-0.2, -0.15) is 13.2 Å². The fraction of sp³-hybridized carbons (Fsp3) is 0.500. The van der Waals surface area contributed by atoms with Gasteiger partial charge in [-0.1, -0.05) is 19.1 Å². The van der Waals surface area contributed by atoms with Crippen LogP contribution in [-0.4, -0.2) is 31.6 Å². The van der Waals surface area contributed by atoms with Crippen molar-refractivity contribution in [3.05, 3.63) is 24.3 Å². The Kier molecular flexibility index (Phi) is 5.81. The summed E-state index contributed by atoms with van der Waals surface area (Å²) in [5.74, 6) is 0.741. The number of hydrogen-bond donors (Lipinski definition) is 1. The third-order valence-electron chi connectivity index (χ3n) is 2.15. The average Bonchev–Trinajstić information content (AvgIpc) is 2.28. The Balaban J connectivity index is 2.42. The zero-order valence-corrected chi connectivity index (χ0v) is 11.1. The molecule has 0 aliphatic rings. The molecular weight excluding hydrogens is 263 g/mol. The van der Waals surface area contributed by atoms with Crippen molar-refractivity contribution < 1.29 is 17.9 Å². The molecule has 1 rings (SSSR count). The van der Waals surface area contributed by atoms with E-state index in [1.165, 1.54) is 11.8 Å². The first kappa shape index (κ1) is 15.2. The SMILES string of the molecule is COc1ccccc1SC(C)CNCC(F)(F)F. The Hall–Kier alpha value is -0.880. The third-order valence-corrected chi connectivity index (χ3v) is 3.31. The highest BCUT2D eigenvalue weighted by Gasteiger charge is 2.26. The second-order valence-corrected chi connectivity index (χ2v) is 5.31. The van der Waals surface area contributed by atoms with Gasteiger partial charge in [-0.3, -0.25) is 0 Å². The van der Waals surface area contributed by atoms with Crippen molar-refractivity contribution in [2.45, 2.75) is 23.2 Å². The molecule has 0 heterocycles. The molecule has 1 atom stereocenters. The average molecular weight is 279 g/mol. The van der Waals surface area contributed by atoms with Crippen LogP contribution < -0.4 is 10.1 Å². The van der Waals surface area contributed by atoms with Gasteiger partial charge in [-0.25, -0.2) is 0 Å². The minimum atomic E-state index is -4.16. The van der Waals surface area contributed by atoms with E-state index in [0.29, 0.717) is 6.54 Å². The van der Waals surface area contributed by atoms with Crippen LogP contribution in [0.5, 0.6) is 5.75 Å². The van der Waals surface area contributed by atoms with Crippen LogP contribution in [0.2, 0.25) is 0 Å². The normalized spacial score (nSPS) is 13.4. The van der Waals surface area contributed by atoms with Gasteiger partial charge in [-0.05, 0) is 12.1 Å². The molecule has 0 radical (unpaired) electrons. The summed E-state index contributed by atoms with van der Waals surface area (Å²) in [7, 11) is 1.58. The highest BCUT2D eigenvalue weighted by atomic mass is 32.2. The van der Waals surface area contributed by atoms with Crippen molar-refractivity contribution in [3.63, 3.8) is 0 Å². The fourth-order valence-electron chi connectivity index (χ4n) is 1.39. The molecule has 2 nitrogen and oxygen atoms in total. The van der Waals surface area contributed by atoms with E-state index < -0.39 is 12.7 Å². The second kappa shape index (κ2) is 6.89. The van der Waals surface area contributed by atoms with E-state index in [9.17, 15) is 13.2 Å². The fourth-order valence-corrected chi connectivity index (χ4v) is 2.45. The van der Waals surface area contributed by atoms with Crippen LogP contribution in [0.25, 0.3) is 0 Å². The lowest BCUT2D eigenvalue weighted by molar-refractivity contribution is -0.124. The number of halogens is 3. The first-order valence-corrected chi connectivity index (χ1v) is 6.37. The minimum Gasteiger partial charge on any atom is -0.496 e. The number of ether oxygens (including phenoxy) is 1. The zero-order chi connectivity index (χ0) is 13.6. The number of alkyl halides is 3. The van der Waals surface area contributed by atoms with E-state index in [2.05, 4.69) is 5.32 Å². The molecule has 6 heteroatoms. The minimum absolute atomic E-state index is 0.0312. The molecule has 1 aromatic rings. The van der Waals surface area contributed by atoms with Crippen LogP contribution in [0.4, 0.5) is 13.2 Å². The van der Waals surface area contributed by atoms with Crippen molar-refractivity contribution in [3.8, 4) is 5.75 Å². The number of para-hydroxylation sites is 1. The zero-order valence-electron chi connectivity index (χ0n) is 10.3. The molecule has 0 bridgehead atoms. The van der Waals surface area contributed by atoms with E-state index in [1.807, 2.05) is 31.2 Å². The van der Waals surface area contributed by atoms with Crippen LogP contribution in [0.15, 0.2) is 29.2 Å². The molecule has 0 amide bonds. The number of rotatable bonds is 6. The highest BCUT2D eigenvalue weighted by Crippen LogP contribution is 2.31. The number of hydrogen-bond acceptors (Lipinski definition) is 3. The lowest BCUT2D eigenvalue weighted by Gasteiger charge is -2.15. The standard InChI is InChI=1S/C12H16F3NOS/c1-9(7-16-8-12(13,14)15)18-11-6-4-3-5-10(11)17-2/h3-6,9,16H,7-8H2,1-2H3. The lowest BCUT2D eigenvalue weighted by atomic mass is 10.3. The topological polar surface area (TPSA) is 21.3 Å². The maximum Gasteiger partial charge on any atom is 0.401 e. The third kappa shape index (κ3) is 5.64. The quantitative estimate of drug-likeness (QED) is 0.807. The molecule has 18 heavy (non-hydrogen) atoms. The molecule has 1 unspecified atom stereocenters. The second-order valence-electron chi connectivity index (χ2n) is 3.83. The van der Waals surface area contributed by atoms with Gasteiger partial charge in [0.25, 0.3) is 0 Å². The van der Waals surface area contributed by atoms with E-state index in [0.717, 1.165) is 10.6 Å². The van der Waals surface area contributed by atoms with Crippen LogP contribution in [-0.2, 0) is 0 Å². The first-order chi connectivity index (χ1) is 8.42. The summed E-state index contributed by atoms with van der Waals surface area (Å²) in [6.45, 7) is 1.21. The van der Waals surface area contributed by atoms with E-state index in [4.69, 9.17) is 4.74 Å². The smallest absolute Gasteiger partial charge is 0.401 e. The highest BCUT2D eigenvalue weighted by molar-refractivity contribution is 8.00. The van der Waals surface area contributed by atoms with Crippen molar-refractivity contribution in [1.82, 2.24) is 5.32 Å². The molecule has 0 aromatic heterocycles. The molecule has 0 spiro atoms. The van der Waals surface area contributed by atoms with E-state index in [1.54, 1.807) is 7.11 Å².